The number of pyridine rings is 1. The zero-order chi connectivity index (χ0) is 12.8. The first kappa shape index (κ1) is 12.9. The Morgan fingerprint density at radius 2 is 2.29 bits per heavy atom. The second-order valence-corrected chi connectivity index (χ2v) is 3.71. The zero-order valence-electron chi connectivity index (χ0n) is 9.99. The summed E-state index contributed by atoms with van der Waals surface area (Å²) in [5.74, 6) is 0.555. The van der Waals surface area contributed by atoms with E-state index in [1.165, 1.54) is 12.3 Å². The van der Waals surface area contributed by atoms with Gasteiger partial charge < -0.3 is 10.2 Å². The maximum Gasteiger partial charge on any atom is 0.287 e. The van der Waals surface area contributed by atoms with Crippen LogP contribution < -0.4 is 5.32 Å². The molecule has 1 N–H and O–H groups in total. The fraction of sp³-hybridized carbons (Fsp3) is 0.400. The molecule has 1 aromatic rings. The Labute approximate surface area is 99.3 Å². The molecule has 7 heteroatoms. The van der Waals surface area contributed by atoms with Gasteiger partial charge in [0.25, 0.3) is 5.69 Å². The molecule has 0 radical (unpaired) electrons. The lowest BCUT2D eigenvalue weighted by Gasteiger charge is -2.11. The van der Waals surface area contributed by atoms with E-state index in [2.05, 4.69) is 15.3 Å². The highest BCUT2D eigenvalue weighted by molar-refractivity contribution is 5.54. The van der Waals surface area contributed by atoms with Gasteiger partial charge in [-0.1, -0.05) is 0 Å². The summed E-state index contributed by atoms with van der Waals surface area (Å²) in [4.78, 5) is 19.9. The summed E-state index contributed by atoms with van der Waals surface area (Å²) in [5.41, 5.74) is -0.0278. The number of aromatic nitrogens is 1. The molecule has 0 fully saturated rings. The normalized spacial score (nSPS) is 12.4. The number of nitro groups is 1. The molecule has 92 valence electrons. The van der Waals surface area contributed by atoms with Gasteiger partial charge in [0.2, 0.25) is 0 Å². The highest BCUT2D eigenvalue weighted by Crippen LogP contribution is 2.12. The number of aliphatic imine (C=N–C) groups is 1. The monoisotopic (exact) mass is 237 g/mol. The first-order chi connectivity index (χ1) is 7.99. The lowest BCUT2D eigenvalue weighted by molar-refractivity contribution is -0.385. The molecule has 1 heterocycles. The van der Waals surface area contributed by atoms with Gasteiger partial charge in [0.05, 0.1) is 11.3 Å². The molecule has 1 atom stereocenters. The van der Waals surface area contributed by atoms with Crippen molar-refractivity contribution in [1.29, 1.82) is 0 Å². The van der Waals surface area contributed by atoms with Gasteiger partial charge in [-0.2, -0.15) is 0 Å². The van der Waals surface area contributed by atoms with Crippen molar-refractivity contribution < 1.29 is 4.92 Å². The van der Waals surface area contributed by atoms with E-state index in [0.717, 1.165) is 0 Å². The number of nitrogens with zero attached hydrogens (tertiary/aromatic N) is 4. The molecule has 1 aromatic heterocycles. The maximum absolute atomic E-state index is 10.4. The topological polar surface area (TPSA) is 83.7 Å². The molecule has 0 aliphatic heterocycles. The maximum atomic E-state index is 10.4. The van der Waals surface area contributed by atoms with Crippen LogP contribution in [0.2, 0.25) is 0 Å². The van der Waals surface area contributed by atoms with Crippen LogP contribution in [0.5, 0.6) is 0 Å². The summed E-state index contributed by atoms with van der Waals surface area (Å²) in [7, 11) is 3.75. The first-order valence-electron chi connectivity index (χ1n) is 5.05. The summed E-state index contributed by atoms with van der Waals surface area (Å²) < 4.78 is 0. The number of nitrogens with one attached hydrogen (secondary N) is 1. The summed E-state index contributed by atoms with van der Waals surface area (Å²) in [5, 5.41) is 13.4. The van der Waals surface area contributed by atoms with E-state index in [1.807, 2.05) is 25.9 Å². The summed E-state index contributed by atoms with van der Waals surface area (Å²) in [6, 6.07) is 2.96. The third-order valence-electron chi connectivity index (χ3n) is 1.84. The van der Waals surface area contributed by atoms with Gasteiger partial charge in [0, 0.05) is 20.2 Å². The van der Waals surface area contributed by atoms with Crippen molar-refractivity contribution >= 4 is 17.8 Å². The average molecular weight is 237 g/mol. The molecule has 0 bridgehead atoms. The average Bonchev–Trinajstić information content (AvgIpc) is 2.27. The van der Waals surface area contributed by atoms with Crippen LogP contribution in [0.3, 0.4) is 0 Å². The third-order valence-corrected chi connectivity index (χ3v) is 1.84. The third kappa shape index (κ3) is 4.45. The molecule has 17 heavy (non-hydrogen) atoms. The van der Waals surface area contributed by atoms with Gasteiger partial charge in [-0.05, 0) is 13.0 Å². The first-order valence-corrected chi connectivity index (χ1v) is 5.05. The van der Waals surface area contributed by atoms with Gasteiger partial charge in [0.1, 0.15) is 18.2 Å². The Hall–Kier alpha value is -2.18. The smallest absolute Gasteiger partial charge is 0.287 e. The van der Waals surface area contributed by atoms with Gasteiger partial charge in [-0.25, -0.2) is 4.98 Å². The minimum absolute atomic E-state index is 0.0278. The number of hydrogen-bond donors (Lipinski definition) is 1. The largest absolute Gasteiger partial charge is 0.369 e. The van der Waals surface area contributed by atoms with Crippen molar-refractivity contribution in [3.63, 3.8) is 0 Å². The highest BCUT2D eigenvalue weighted by Gasteiger charge is 2.06. The Kier molecular flexibility index (Phi) is 4.38. The van der Waals surface area contributed by atoms with Crippen LogP contribution >= 0.6 is 0 Å². The van der Waals surface area contributed by atoms with Gasteiger partial charge in [-0.15, -0.1) is 0 Å². The van der Waals surface area contributed by atoms with Gasteiger partial charge in [0.15, 0.2) is 0 Å². The Balaban J connectivity index is 2.60. The van der Waals surface area contributed by atoms with E-state index in [-0.39, 0.29) is 11.9 Å². The van der Waals surface area contributed by atoms with Crippen molar-refractivity contribution in [3.8, 4) is 0 Å². The Morgan fingerprint density at radius 3 is 2.76 bits per heavy atom. The summed E-state index contributed by atoms with van der Waals surface area (Å²) in [6.07, 6.45) is 2.75. The van der Waals surface area contributed by atoms with Crippen LogP contribution in [0, 0.1) is 10.1 Å². The van der Waals surface area contributed by atoms with Crippen LogP contribution in [0.4, 0.5) is 11.5 Å². The van der Waals surface area contributed by atoms with Crippen molar-refractivity contribution in [1.82, 2.24) is 9.88 Å². The second kappa shape index (κ2) is 5.78. The molecule has 0 saturated carbocycles. The molecule has 0 amide bonds. The van der Waals surface area contributed by atoms with Crippen molar-refractivity contribution in [2.75, 3.05) is 19.4 Å². The molecule has 0 saturated heterocycles. The minimum atomic E-state index is -0.482. The molecule has 1 rings (SSSR count). The Bertz CT molecular complexity index is 402. The predicted octanol–water partition coefficient (Wildman–Crippen LogP) is 1.34. The number of hydrogen-bond acceptors (Lipinski definition) is 5. The molecule has 1 unspecified atom stereocenters. The second-order valence-electron chi connectivity index (χ2n) is 3.71. The van der Waals surface area contributed by atoms with Crippen molar-refractivity contribution in [2.24, 2.45) is 4.99 Å². The van der Waals surface area contributed by atoms with Gasteiger partial charge in [-0.3, -0.25) is 15.1 Å². The lowest BCUT2D eigenvalue weighted by atomic mass is 10.4. The SMILES string of the molecule is CC(N=CN(C)C)Nc1ccc([N+](=O)[O-])cn1. The van der Waals surface area contributed by atoms with Crippen molar-refractivity contribution in [2.45, 2.75) is 13.1 Å². The zero-order valence-corrected chi connectivity index (χ0v) is 9.99. The van der Waals surface area contributed by atoms with E-state index < -0.39 is 4.92 Å². The fourth-order valence-corrected chi connectivity index (χ4v) is 1.06. The Morgan fingerprint density at radius 1 is 1.59 bits per heavy atom. The number of anilines is 1. The minimum Gasteiger partial charge on any atom is -0.369 e. The molecular weight excluding hydrogens is 222 g/mol. The van der Waals surface area contributed by atoms with Crippen LogP contribution in [0.15, 0.2) is 23.3 Å². The lowest BCUT2D eigenvalue weighted by Crippen LogP contribution is -2.17. The van der Waals surface area contributed by atoms with E-state index in [1.54, 1.807) is 12.4 Å². The van der Waals surface area contributed by atoms with E-state index in [9.17, 15) is 10.1 Å². The van der Waals surface area contributed by atoms with Crippen LogP contribution in [0.25, 0.3) is 0 Å². The van der Waals surface area contributed by atoms with Crippen LogP contribution in [-0.4, -0.2) is 41.4 Å². The predicted molar refractivity (Wildman–Crippen MR) is 66.2 cm³/mol. The number of rotatable bonds is 5. The fourth-order valence-electron chi connectivity index (χ4n) is 1.06. The van der Waals surface area contributed by atoms with Gasteiger partial charge >= 0.3 is 0 Å². The van der Waals surface area contributed by atoms with Crippen LogP contribution in [0.1, 0.15) is 6.92 Å². The molecule has 0 aromatic carbocycles. The summed E-state index contributed by atoms with van der Waals surface area (Å²) in [6.45, 7) is 1.86. The molecular formula is C10H15N5O2. The molecule has 0 aliphatic rings. The standard InChI is InChI=1S/C10H15N5O2/c1-8(12-7-14(2)3)13-10-5-4-9(6-11-10)15(16)17/h4-8H,1-3H3,(H,11,13). The molecule has 0 aliphatic carbocycles. The van der Waals surface area contributed by atoms with E-state index in [0.29, 0.717) is 5.82 Å². The quantitative estimate of drug-likeness (QED) is 0.361. The molecule has 7 nitrogen and oxygen atoms in total. The van der Waals surface area contributed by atoms with Crippen LogP contribution in [-0.2, 0) is 0 Å². The molecule has 0 spiro atoms. The van der Waals surface area contributed by atoms with Crippen molar-refractivity contribution in [3.05, 3.63) is 28.4 Å². The van der Waals surface area contributed by atoms with E-state index in [4.69, 9.17) is 0 Å². The van der Waals surface area contributed by atoms with E-state index >= 15 is 0 Å². The highest BCUT2D eigenvalue weighted by atomic mass is 16.6. The summed E-state index contributed by atoms with van der Waals surface area (Å²) >= 11 is 0.